The number of piperidine rings is 1. The number of nitrogens with one attached hydrogen (secondary N) is 6. The number of halogens is 2. The molecule has 9 aromatic carbocycles. The molecule has 0 saturated carbocycles. The molecular formula is C94H132F2N8O21S6. The quantitative estimate of drug-likeness (QED) is 0.0180. The second-order valence-corrected chi connectivity index (χ2v) is 42.1. The van der Waals surface area contributed by atoms with E-state index >= 15 is 0 Å². The van der Waals surface area contributed by atoms with Gasteiger partial charge in [0.25, 0.3) is 0 Å². The Labute approximate surface area is 775 Å². The van der Waals surface area contributed by atoms with Crippen LogP contribution in [0.3, 0.4) is 0 Å². The Kier molecular flexibility index (Phi) is 49.9. The van der Waals surface area contributed by atoms with Crippen LogP contribution in [0.4, 0.5) is 14.5 Å². The molecule has 1 saturated heterocycles. The van der Waals surface area contributed by atoms with Crippen LogP contribution in [-0.4, -0.2) is 191 Å². The van der Waals surface area contributed by atoms with Gasteiger partial charge in [0, 0.05) is 85.4 Å². The molecule has 0 aromatic heterocycles. The lowest BCUT2D eigenvalue weighted by Gasteiger charge is -2.29. The maximum atomic E-state index is 12.3. The van der Waals surface area contributed by atoms with E-state index < -0.39 is 97.1 Å². The molecule has 10 N–H and O–H groups in total. The topological polar surface area (TPSA) is 426 Å². The number of hydrogen-bond acceptors (Lipinski definition) is 22. The Morgan fingerprint density at radius 2 is 0.840 bits per heavy atom. The van der Waals surface area contributed by atoms with Crippen molar-refractivity contribution in [2.75, 3.05) is 84.9 Å². The highest BCUT2D eigenvalue weighted by molar-refractivity contribution is 7.90. The number of anilines is 1. The predicted octanol–water partition coefficient (Wildman–Crippen LogP) is 13.1. The number of rotatable bonds is 31. The van der Waals surface area contributed by atoms with Crippen molar-refractivity contribution in [2.45, 2.75) is 202 Å². The number of carbonyl (C=O) groups excluding carboxylic acids is 2. The van der Waals surface area contributed by atoms with Crippen LogP contribution >= 0.6 is 0 Å². The molecule has 0 aliphatic carbocycles. The summed E-state index contributed by atoms with van der Waals surface area (Å²) in [6.45, 7) is 28.7. The van der Waals surface area contributed by atoms with Gasteiger partial charge in [-0.25, -0.2) is 78.4 Å². The van der Waals surface area contributed by atoms with E-state index in [1.165, 1.54) is 118 Å². The molecule has 2 atom stereocenters. The molecular weight excluding hydrogens is 1810 g/mol. The predicted molar refractivity (Wildman–Crippen MR) is 510 cm³/mol. The van der Waals surface area contributed by atoms with Gasteiger partial charge in [-0.15, -0.1) is 0 Å². The fourth-order valence-electron chi connectivity index (χ4n) is 11.3. The minimum atomic E-state index is -3.74. The summed E-state index contributed by atoms with van der Waals surface area (Å²) in [5.74, 6) is 1.54. The Balaban J connectivity index is 0.000000382. The van der Waals surface area contributed by atoms with Gasteiger partial charge < -0.3 is 44.9 Å². The van der Waals surface area contributed by atoms with Gasteiger partial charge in [0.05, 0.1) is 60.8 Å². The molecule has 724 valence electrons. The standard InChI is InChI=1S/C12H17NO4S.C12H19NO4S.C12H19NO3S.C12H17N.C11H16N2O3S.C9H10F2O.2C9H13NO2S.C8H8O2/c1-9-3-5-12(6-4-9)18(16,17)13-8-11(15)7-10(2)14;1-3-12(8-14,9-15)13-18(16,17)11-6-4-10(2)5-7-11;1-3-4-11(9-14)13-17(15,16)12-7-5-10(2)6-8-12;1-11-5-7-12(8-6-11)13-9-3-2-4-10-13;1-9-3-5-11(6-4-9)17(15,16)13-8-7-12-10(2)14;1-7-3-5-8(6-4-7)12-9(2,10)11;1-8-4-6-9(7-5-8)13(11,12)10(2)3;1-3-10-13(11,12)9-6-4-8(2)5-7-9;1-6-2-3-7-8(4-6)10-5-9-7/h3-6,11,13,15H,7-8H2,1-2H3;4-7,13-15H,3,8-9H2,1-2H3;5-8,11,13-14H,3-4,9H2,1-2H3;5-8H,2-4,9-10H2,1H3;3-6,13H,7-8H2,1-2H3,(H,12,14);3-6H,1-2H3;4-7H,1-3H3;4-7,10H,3H2,1-2H3;2-4H,5H2,1H3. The number of amides is 1. The second-order valence-electron chi connectivity index (χ2n) is 31.3. The summed E-state index contributed by atoms with van der Waals surface area (Å²) in [7, 11) is -17.9. The van der Waals surface area contributed by atoms with Crippen molar-refractivity contribution in [3.05, 3.63) is 262 Å². The summed E-state index contributed by atoms with van der Waals surface area (Å²) >= 11 is 0. The van der Waals surface area contributed by atoms with Gasteiger partial charge >= 0.3 is 6.11 Å². The van der Waals surface area contributed by atoms with Gasteiger partial charge in [-0.05, 0) is 216 Å². The first kappa shape index (κ1) is 116. The highest BCUT2D eigenvalue weighted by Crippen LogP contribution is 2.32. The van der Waals surface area contributed by atoms with Gasteiger partial charge in [-0.3, -0.25) is 9.59 Å². The summed E-state index contributed by atoms with van der Waals surface area (Å²) in [6.07, 6.45) is 1.70. The molecule has 131 heavy (non-hydrogen) atoms. The van der Waals surface area contributed by atoms with Crippen molar-refractivity contribution in [2.24, 2.45) is 0 Å². The van der Waals surface area contributed by atoms with Gasteiger partial charge in [0.1, 0.15) is 11.5 Å². The number of Topliss-reactive ketones (excluding diaryl/α,β-unsaturated/α-hetero) is 1. The van der Waals surface area contributed by atoms with Crippen LogP contribution in [0.25, 0.3) is 0 Å². The van der Waals surface area contributed by atoms with Gasteiger partial charge in [-0.1, -0.05) is 175 Å². The fraction of sp³-hybridized carbons (Fsp3) is 0.404. The number of hydrogen-bond donors (Lipinski definition) is 10. The molecule has 9 aromatic rings. The summed E-state index contributed by atoms with van der Waals surface area (Å²) < 4.78 is 194. The minimum Gasteiger partial charge on any atom is -0.454 e. The first-order valence-electron chi connectivity index (χ1n) is 42.2. The third-order valence-electron chi connectivity index (χ3n) is 19.0. The van der Waals surface area contributed by atoms with Gasteiger partial charge in [-0.2, -0.15) is 8.78 Å². The molecule has 29 nitrogen and oxygen atoms in total. The number of ether oxygens (including phenoxy) is 3. The van der Waals surface area contributed by atoms with Crippen LogP contribution in [-0.2, 0) is 69.7 Å². The summed E-state index contributed by atoms with van der Waals surface area (Å²) in [4.78, 5) is 25.2. The first-order chi connectivity index (χ1) is 61.3. The van der Waals surface area contributed by atoms with Crippen molar-refractivity contribution in [1.82, 2.24) is 33.2 Å². The maximum Gasteiger partial charge on any atom is 0.394 e. The molecule has 0 radical (unpaired) electrons. The van der Waals surface area contributed by atoms with E-state index in [1.54, 1.807) is 147 Å². The number of aliphatic hydroxyl groups excluding tert-OH is 4. The van der Waals surface area contributed by atoms with E-state index in [0.717, 1.165) is 56.9 Å². The smallest absolute Gasteiger partial charge is 0.394 e. The summed E-state index contributed by atoms with van der Waals surface area (Å²) in [5.41, 5.74) is 9.78. The third-order valence-corrected chi connectivity index (χ3v) is 28.5. The van der Waals surface area contributed by atoms with Gasteiger partial charge in [0.15, 0.2) is 11.5 Å². The van der Waals surface area contributed by atoms with Crippen LogP contribution in [0.5, 0.6) is 17.2 Å². The number of carbonyl (C=O) groups is 2. The first-order valence-corrected chi connectivity index (χ1v) is 51.1. The Bertz CT molecular complexity index is 5620. The van der Waals surface area contributed by atoms with E-state index in [4.69, 9.17) is 14.6 Å². The van der Waals surface area contributed by atoms with E-state index in [2.05, 4.69) is 69.8 Å². The van der Waals surface area contributed by atoms with E-state index in [0.29, 0.717) is 42.9 Å². The highest BCUT2D eigenvalue weighted by Gasteiger charge is 2.33. The number of sulfonamides is 6. The van der Waals surface area contributed by atoms with Crippen molar-refractivity contribution in [1.29, 1.82) is 0 Å². The molecule has 1 amide bonds. The lowest BCUT2D eigenvalue weighted by molar-refractivity contribution is -0.159. The molecule has 1 fully saturated rings. The van der Waals surface area contributed by atoms with Crippen molar-refractivity contribution in [3.8, 4) is 17.2 Å². The monoisotopic (exact) mass is 1940 g/mol. The summed E-state index contributed by atoms with van der Waals surface area (Å²) in [6, 6.07) is 60.4. The number of nitrogens with zero attached hydrogens (tertiary/aromatic N) is 2. The van der Waals surface area contributed by atoms with Gasteiger partial charge in [0.2, 0.25) is 72.8 Å². The molecule has 37 heteroatoms. The number of aliphatic hydroxyl groups is 4. The average Bonchev–Trinajstić information content (AvgIpc) is 0.858. The molecule has 0 bridgehead atoms. The largest absolute Gasteiger partial charge is 0.454 e. The van der Waals surface area contributed by atoms with Crippen molar-refractivity contribution in [3.63, 3.8) is 0 Å². The fourth-order valence-corrected chi connectivity index (χ4v) is 18.0. The Morgan fingerprint density at radius 1 is 0.473 bits per heavy atom. The molecule has 2 unspecified atom stereocenters. The third kappa shape index (κ3) is 44.3. The van der Waals surface area contributed by atoms with E-state index in [9.17, 15) is 84.2 Å². The highest BCUT2D eigenvalue weighted by atomic mass is 32.2. The Hall–Kier alpha value is -9.52. The molecule has 0 spiro atoms. The number of fused-ring (bicyclic) bond motifs is 1. The number of ketones is 1. The zero-order valence-electron chi connectivity index (χ0n) is 77.7. The molecule has 2 aliphatic rings. The number of aryl methyl sites for hydroxylation is 9. The SMILES string of the molecule is CC(=O)CC(O)CNS(=O)(=O)c1ccc(C)cc1.CC(=O)NCCNS(=O)(=O)c1ccc(C)cc1.CCC(CO)(CO)NS(=O)(=O)c1ccc(C)cc1.CCCC(CO)NS(=O)(=O)c1ccc(C)cc1.CCNS(=O)(=O)c1ccc(C)cc1.Cc1ccc(N2CCCCC2)cc1.Cc1ccc(OC(C)(F)F)cc1.Cc1ccc(S(=O)(=O)N(C)C)cc1.Cc1ccc2c(c1)OCO2. The van der Waals surface area contributed by atoms with Crippen LogP contribution in [0.1, 0.15) is 137 Å². The lowest BCUT2D eigenvalue weighted by atomic mass is 10.0. The average molecular weight is 1940 g/mol. The molecule has 2 aliphatic heterocycles. The number of benzene rings is 9. The zero-order chi connectivity index (χ0) is 98.6. The molecule has 11 rings (SSSR count). The molecule has 2 heterocycles. The maximum absolute atomic E-state index is 12.3. The minimum absolute atomic E-state index is 0.0591. The van der Waals surface area contributed by atoms with Crippen LogP contribution in [0.2, 0.25) is 0 Å². The normalized spacial score (nSPS) is 12.9. The Morgan fingerprint density at radius 3 is 1.21 bits per heavy atom. The second kappa shape index (κ2) is 56.5. The zero-order valence-corrected chi connectivity index (χ0v) is 82.6. The number of alkyl halides is 2. The van der Waals surface area contributed by atoms with Crippen LogP contribution in [0.15, 0.2) is 242 Å². The van der Waals surface area contributed by atoms with E-state index in [-0.39, 0.29) is 69.7 Å². The van der Waals surface area contributed by atoms with Crippen molar-refractivity contribution >= 4 is 77.5 Å². The van der Waals surface area contributed by atoms with E-state index in [1.807, 2.05) is 80.5 Å². The lowest BCUT2D eigenvalue weighted by Crippen LogP contribution is -2.53. The van der Waals surface area contributed by atoms with Crippen molar-refractivity contribution < 1.29 is 104 Å². The van der Waals surface area contributed by atoms with Crippen LogP contribution < -0.4 is 48.0 Å². The van der Waals surface area contributed by atoms with Crippen LogP contribution in [0, 0.1) is 62.3 Å². The summed E-state index contributed by atoms with van der Waals surface area (Å²) in [5, 5.41) is 39.5.